The number of carbonyl (C=O) groups excluding carboxylic acids is 1. The molecule has 1 amide bonds. The standard InChI is InChI=1S/C16H24N2O2/c1-12-5-6-14(20-3)13(9-12)15(19)18-11-16(2)7-4-8-17-10-16/h5-6,9,17H,4,7-8,10-11H2,1-3H3,(H,18,19). The summed E-state index contributed by atoms with van der Waals surface area (Å²) in [6.07, 6.45) is 2.31. The van der Waals surface area contributed by atoms with Crippen molar-refractivity contribution in [3.8, 4) is 5.75 Å². The second-order valence-corrected chi connectivity index (χ2v) is 5.98. The lowest BCUT2D eigenvalue weighted by atomic mass is 9.83. The van der Waals surface area contributed by atoms with E-state index in [2.05, 4.69) is 17.6 Å². The first-order valence-electron chi connectivity index (χ1n) is 7.18. The van der Waals surface area contributed by atoms with Gasteiger partial charge in [-0.3, -0.25) is 4.79 Å². The Balaban J connectivity index is 2.03. The van der Waals surface area contributed by atoms with E-state index in [-0.39, 0.29) is 11.3 Å². The fourth-order valence-electron chi connectivity index (χ4n) is 2.66. The predicted octanol–water partition coefficient (Wildman–Crippen LogP) is 2.12. The highest BCUT2D eigenvalue weighted by Crippen LogP contribution is 2.25. The minimum atomic E-state index is -0.0580. The van der Waals surface area contributed by atoms with Crippen molar-refractivity contribution in [2.45, 2.75) is 26.7 Å². The van der Waals surface area contributed by atoms with Gasteiger partial charge in [0.2, 0.25) is 0 Å². The largest absolute Gasteiger partial charge is 0.496 e. The number of methoxy groups -OCH3 is 1. The number of aryl methyl sites for hydroxylation is 1. The van der Waals surface area contributed by atoms with Crippen LogP contribution in [-0.4, -0.2) is 32.7 Å². The van der Waals surface area contributed by atoms with Crippen LogP contribution in [0.25, 0.3) is 0 Å². The molecular weight excluding hydrogens is 252 g/mol. The van der Waals surface area contributed by atoms with E-state index >= 15 is 0 Å². The van der Waals surface area contributed by atoms with E-state index in [4.69, 9.17) is 4.74 Å². The van der Waals surface area contributed by atoms with Gasteiger partial charge in [0.1, 0.15) is 5.75 Å². The molecule has 0 spiro atoms. The average Bonchev–Trinajstić information content (AvgIpc) is 2.45. The van der Waals surface area contributed by atoms with Gasteiger partial charge in [-0.15, -0.1) is 0 Å². The number of piperidine rings is 1. The molecule has 1 aromatic carbocycles. The number of benzene rings is 1. The molecule has 2 rings (SSSR count). The molecular formula is C16H24N2O2. The number of hydrogen-bond donors (Lipinski definition) is 2. The van der Waals surface area contributed by atoms with Crippen LogP contribution in [0.5, 0.6) is 5.75 Å². The van der Waals surface area contributed by atoms with E-state index in [0.717, 1.165) is 25.1 Å². The van der Waals surface area contributed by atoms with Crippen molar-refractivity contribution in [3.63, 3.8) is 0 Å². The van der Waals surface area contributed by atoms with Crippen molar-refractivity contribution >= 4 is 5.91 Å². The SMILES string of the molecule is COc1ccc(C)cc1C(=O)NCC1(C)CCCNC1. The second-order valence-electron chi connectivity index (χ2n) is 5.98. The van der Waals surface area contributed by atoms with Gasteiger partial charge in [-0.2, -0.15) is 0 Å². The van der Waals surface area contributed by atoms with Crippen molar-refractivity contribution in [1.82, 2.24) is 10.6 Å². The van der Waals surface area contributed by atoms with Crippen molar-refractivity contribution in [1.29, 1.82) is 0 Å². The quantitative estimate of drug-likeness (QED) is 0.885. The summed E-state index contributed by atoms with van der Waals surface area (Å²) in [7, 11) is 1.59. The summed E-state index contributed by atoms with van der Waals surface area (Å²) < 4.78 is 5.27. The molecule has 1 atom stereocenters. The molecule has 0 saturated carbocycles. The lowest BCUT2D eigenvalue weighted by molar-refractivity contribution is 0.0921. The third-order valence-corrected chi connectivity index (χ3v) is 3.96. The second kappa shape index (κ2) is 6.27. The molecule has 1 saturated heterocycles. The number of rotatable bonds is 4. The highest BCUT2D eigenvalue weighted by Gasteiger charge is 2.27. The molecule has 4 heteroatoms. The first kappa shape index (κ1) is 14.9. The predicted molar refractivity (Wildman–Crippen MR) is 80.3 cm³/mol. The minimum Gasteiger partial charge on any atom is -0.496 e. The molecule has 4 nitrogen and oxygen atoms in total. The van der Waals surface area contributed by atoms with Crippen LogP contribution in [-0.2, 0) is 0 Å². The molecule has 0 radical (unpaired) electrons. The van der Waals surface area contributed by atoms with E-state index in [1.54, 1.807) is 7.11 Å². The maximum atomic E-state index is 12.3. The van der Waals surface area contributed by atoms with Gasteiger partial charge < -0.3 is 15.4 Å². The molecule has 0 bridgehead atoms. The van der Waals surface area contributed by atoms with Gasteiger partial charge in [0.05, 0.1) is 12.7 Å². The maximum Gasteiger partial charge on any atom is 0.255 e. The Labute approximate surface area is 120 Å². The van der Waals surface area contributed by atoms with Gasteiger partial charge in [0.15, 0.2) is 0 Å². The summed E-state index contributed by atoms with van der Waals surface area (Å²) in [6.45, 7) is 6.92. The zero-order chi connectivity index (χ0) is 14.6. The van der Waals surface area contributed by atoms with Crippen LogP contribution < -0.4 is 15.4 Å². The van der Waals surface area contributed by atoms with Crippen LogP contribution in [0.4, 0.5) is 0 Å². The van der Waals surface area contributed by atoms with Gasteiger partial charge in [0.25, 0.3) is 5.91 Å². The molecule has 1 heterocycles. The molecule has 0 aromatic heterocycles. The van der Waals surface area contributed by atoms with E-state index < -0.39 is 0 Å². The highest BCUT2D eigenvalue weighted by atomic mass is 16.5. The Kier molecular flexibility index (Phi) is 4.65. The first-order chi connectivity index (χ1) is 9.54. The smallest absolute Gasteiger partial charge is 0.255 e. The normalized spacial score (nSPS) is 22.4. The summed E-state index contributed by atoms with van der Waals surface area (Å²) in [5, 5.41) is 6.45. The molecule has 1 aliphatic rings. The Morgan fingerprint density at radius 1 is 1.50 bits per heavy atom. The average molecular weight is 276 g/mol. The Hall–Kier alpha value is -1.55. The van der Waals surface area contributed by atoms with Crippen molar-refractivity contribution in [2.75, 3.05) is 26.7 Å². The summed E-state index contributed by atoms with van der Waals surface area (Å²) in [4.78, 5) is 12.3. The van der Waals surface area contributed by atoms with Gasteiger partial charge in [-0.1, -0.05) is 18.6 Å². The number of nitrogens with one attached hydrogen (secondary N) is 2. The lowest BCUT2D eigenvalue weighted by Crippen LogP contribution is -2.45. The molecule has 2 N–H and O–H groups in total. The number of ether oxygens (including phenoxy) is 1. The molecule has 1 aliphatic heterocycles. The third kappa shape index (κ3) is 3.51. The number of amides is 1. The molecule has 1 unspecified atom stereocenters. The topological polar surface area (TPSA) is 50.4 Å². The summed E-state index contributed by atoms with van der Waals surface area (Å²) in [5.74, 6) is 0.567. The molecule has 1 aromatic rings. The Morgan fingerprint density at radius 3 is 2.95 bits per heavy atom. The van der Waals surface area contributed by atoms with E-state index in [9.17, 15) is 4.79 Å². The molecule has 1 fully saturated rings. The van der Waals surface area contributed by atoms with Crippen LogP contribution >= 0.6 is 0 Å². The van der Waals surface area contributed by atoms with Crippen molar-refractivity contribution in [3.05, 3.63) is 29.3 Å². The van der Waals surface area contributed by atoms with E-state index in [0.29, 0.717) is 17.9 Å². The summed E-state index contributed by atoms with van der Waals surface area (Å²) >= 11 is 0. The minimum absolute atomic E-state index is 0.0580. The Bertz CT molecular complexity index is 479. The summed E-state index contributed by atoms with van der Waals surface area (Å²) in [6, 6.07) is 5.66. The number of carbonyl (C=O) groups is 1. The fraction of sp³-hybridized carbons (Fsp3) is 0.562. The lowest BCUT2D eigenvalue weighted by Gasteiger charge is -2.34. The zero-order valence-electron chi connectivity index (χ0n) is 12.6. The summed E-state index contributed by atoms with van der Waals surface area (Å²) in [5.41, 5.74) is 1.81. The van der Waals surface area contributed by atoms with Crippen LogP contribution in [0.15, 0.2) is 18.2 Å². The molecule has 20 heavy (non-hydrogen) atoms. The van der Waals surface area contributed by atoms with Gasteiger partial charge in [-0.25, -0.2) is 0 Å². The third-order valence-electron chi connectivity index (χ3n) is 3.96. The molecule has 0 aliphatic carbocycles. The maximum absolute atomic E-state index is 12.3. The van der Waals surface area contributed by atoms with Crippen molar-refractivity contribution in [2.24, 2.45) is 5.41 Å². The number of hydrogen-bond acceptors (Lipinski definition) is 3. The van der Waals surface area contributed by atoms with Gasteiger partial charge in [0, 0.05) is 13.1 Å². The van der Waals surface area contributed by atoms with E-state index in [1.165, 1.54) is 6.42 Å². The van der Waals surface area contributed by atoms with Crippen LogP contribution in [0.2, 0.25) is 0 Å². The van der Waals surface area contributed by atoms with Crippen LogP contribution in [0.3, 0.4) is 0 Å². The van der Waals surface area contributed by atoms with Crippen molar-refractivity contribution < 1.29 is 9.53 Å². The van der Waals surface area contributed by atoms with Gasteiger partial charge >= 0.3 is 0 Å². The Morgan fingerprint density at radius 2 is 2.30 bits per heavy atom. The first-order valence-corrected chi connectivity index (χ1v) is 7.18. The van der Waals surface area contributed by atoms with Gasteiger partial charge in [-0.05, 0) is 43.9 Å². The monoisotopic (exact) mass is 276 g/mol. The molecule has 110 valence electrons. The zero-order valence-corrected chi connectivity index (χ0v) is 12.6. The fourth-order valence-corrected chi connectivity index (χ4v) is 2.66. The van der Waals surface area contributed by atoms with Crippen LogP contribution in [0, 0.1) is 12.3 Å². The highest BCUT2D eigenvalue weighted by molar-refractivity contribution is 5.97. The van der Waals surface area contributed by atoms with E-state index in [1.807, 2.05) is 25.1 Å². The van der Waals surface area contributed by atoms with Crippen LogP contribution in [0.1, 0.15) is 35.7 Å².